The first-order chi connectivity index (χ1) is 3.83. The van der Waals surface area contributed by atoms with E-state index < -0.39 is 0 Å². The summed E-state index contributed by atoms with van der Waals surface area (Å²) in [5.41, 5.74) is 0. The van der Waals surface area contributed by atoms with Gasteiger partial charge in [-0.2, -0.15) is 9.59 Å². The summed E-state index contributed by atoms with van der Waals surface area (Å²) >= 11 is 0. The number of hydrogen-bond donors (Lipinski definition) is 0. The van der Waals surface area contributed by atoms with Crippen molar-refractivity contribution in [3.05, 3.63) is 12.2 Å². The Kier molecular flexibility index (Phi) is 21.0. The van der Waals surface area contributed by atoms with Crippen LogP contribution in [0.1, 0.15) is 20.3 Å². The van der Waals surface area contributed by atoms with Crippen LogP contribution in [0.3, 0.4) is 0 Å². The molecule has 0 saturated carbocycles. The highest BCUT2D eigenvalue weighted by atomic mass is 16.2. The Labute approximate surface area is 49.2 Å². The van der Waals surface area contributed by atoms with E-state index in [9.17, 15) is 0 Å². The smallest absolute Gasteiger partial charge is 0.186 e. The van der Waals surface area contributed by atoms with Crippen molar-refractivity contribution in [3.63, 3.8) is 0 Å². The van der Waals surface area contributed by atoms with Gasteiger partial charge in [0.25, 0.3) is 0 Å². The average molecular weight is 114 g/mol. The van der Waals surface area contributed by atoms with Gasteiger partial charge in [0, 0.05) is 0 Å². The second kappa shape index (κ2) is 16.5. The van der Waals surface area contributed by atoms with Gasteiger partial charge in [-0.3, -0.25) is 0 Å². The van der Waals surface area contributed by atoms with Crippen molar-refractivity contribution >= 4 is 6.15 Å². The van der Waals surface area contributed by atoms with Crippen molar-refractivity contribution in [1.29, 1.82) is 0 Å². The van der Waals surface area contributed by atoms with Gasteiger partial charge in [0.15, 0.2) is 0 Å². The minimum absolute atomic E-state index is 0.250. The molecule has 0 aliphatic heterocycles. The third-order valence-corrected chi connectivity index (χ3v) is 0.471. The van der Waals surface area contributed by atoms with Crippen LogP contribution in [0.2, 0.25) is 0 Å². The number of allylic oxidation sites excluding steroid dienone is 2. The van der Waals surface area contributed by atoms with Crippen molar-refractivity contribution < 1.29 is 9.59 Å². The van der Waals surface area contributed by atoms with Gasteiger partial charge in [0.05, 0.1) is 0 Å². The van der Waals surface area contributed by atoms with Gasteiger partial charge < -0.3 is 0 Å². The van der Waals surface area contributed by atoms with Crippen LogP contribution in [0.25, 0.3) is 0 Å². The molecule has 0 unspecified atom stereocenters. The van der Waals surface area contributed by atoms with E-state index >= 15 is 0 Å². The largest absolute Gasteiger partial charge is 0.373 e. The summed E-state index contributed by atoms with van der Waals surface area (Å²) in [6.07, 6.45) is 5.59. The molecule has 0 fully saturated rings. The van der Waals surface area contributed by atoms with Crippen molar-refractivity contribution in [3.8, 4) is 0 Å². The Balaban J connectivity index is 0. The Hall–Kier alpha value is -0.880. The van der Waals surface area contributed by atoms with Crippen molar-refractivity contribution in [2.24, 2.45) is 0 Å². The van der Waals surface area contributed by atoms with Gasteiger partial charge in [-0.05, 0) is 13.3 Å². The molecule has 0 radical (unpaired) electrons. The second-order valence-corrected chi connectivity index (χ2v) is 1.06. The number of hydrogen-bond acceptors (Lipinski definition) is 2. The molecule has 0 spiro atoms. The van der Waals surface area contributed by atoms with Crippen LogP contribution in [-0.2, 0) is 9.59 Å². The number of rotatable bonds is 1. The van der Waals surface area contributed by atoms with E-state index in [1.807, 2.05) is 6.92 Å². The molecule has 0 amide bonds. The van der Waals surface area contributed by atoms with Crippen molar-refractivity contribution in [1.82, 2.24) is 0 Å². The summed E-state index contributed by atoms with van der Waals surface area (Å²) in [5.74, 6) is 0. The van der Waals surface area contributed by atoms with E-state index in [-0.39, 0.29) is 6.15 Å². The maximum atomic E-state index is 8.12. The predicted octanol–water partition coefficient (Wildman–Crippen LogP) is 1.39. The first-order valence-corrected chi connectivity index (χ1v) is 2.43. The molecular weight excluding hydrogens is 104 g/mol. The minimum atomic E-state index is 0.250. The molecule has 46 valence electrons. The monoisotopic (exact) mass is 114 g/mol. The van der Waals surface area contributed by atoms with Crippen LogP contribution >= 0.6 is 0 Å². The highest BCUT2D eigenvalue weighted by Gasteiger charge is 1.52. The Morgan fingerprint density at radius 2 is 1.88 bits per heavy atom. The van der Waals surface area contributed by atoms with E-state index in [0.29, 0.717) is 0 Å². The fourth-order valence-corrected chi connectivity index (χ4v) is 0.236. The Morgan fingerprint density at radius 3 is 1.88 bits per heavy atom. The fraction of sp³-hybridized carbons (Fsp3) is 0.500. The summed E-state index contributed by atoms with van der Waals surface area (Å²) in [4.78, 5) is 16.2. The predicted molar refractivity (Wildman–Crippen MR) is 30.1 cm³/mol. The molecule has 2 heteroatoms. The molecule has 0 aliphatic carbocycles. The second-order valence-electron chi connectivity index (χ2n) is 1.06. The Bertz CT molecular complexity index is 78.5. The average Bonchev–Trinajstić information content (AvgIpc) is 1.71. The first kappa shape index (κ1) is 10.2. The van der Waals surface area contributed by atoms with Crippen LogP contribution in [0.15, 0.2) is 12.2 Å². The van der Waals surface area contributed by atoms with Gasteiger partial charge in [-0.15, -0.1) is 0 Å². The lowest BCUT2D eigenvalue weighted by Gasteiger charge is -1.65. The molecule has 0 heterocycles. The molecule has 0 aromatic rings. The quantitative estimate of drug-likeness (QED) is 0.483. The zero-order valence-electron chi connectivity index (χ0n) is 5.18. The highest BCUT2D eigenvalue weighted by Crippen LogP contribution is 1.73. The lowest BCUT2D eigenvalue weighted by atomic mass is 10.4. The Morgan fingerprint density at radius 1 is 1.50 bits per heavy atom. The van der Waals surface area contributed by atoms with Crippen molar-refractivity contribution in [2.45, 2.75) is 20.3 Å². The highest BCUT2D eigenvalue weighted by molar-refractivity contribution is 5.20. The molecule has 0 saturated heterocycles. The maximum Gasteiger partial charge on any atom is 0.373 e. The van der Waals surface area contributed by atoms with E-state index in [1.54, 1.807) is 0 Å². The van der Waals surface area contributed by atoms with Crippen LogP contribution in [-0.4, -0.2) is 6.15 Å². The summed E-state index contributed by atoms with van der Waals surface area (Å²) in [6, 6.07) is 0. The molecule has 0 aromatic carbocycles. The fourth-order valence-electron chi connectivity index (χ4n) is 0.236. The molecule has 8 heavy (non-hydrogen) atoms. The lowest BCUT2D eigenvalue weighted by molar-refractivity contribution is -0.191. The first-order valence-electron chi connectivity index (χ1n) is 2.43. The summed E-state index contributed by atoms with van der Waals surface area (Å²) in [6.45, 7) is 4.16. The lowest BCUT2D eigenvalue weighted by Crippen LogP contribution is -1.43. The standard InChI is InChI=1S/C5H10.CO2/c1-3-5-4-2;2-1-3/h3,5H,4H2,1-2H3;. The van der Waals surface area contributed by atoms with E-state index in [1.165, 1.54) is 0 Å². The zero-order valence-corrected chi connectivity index (χ0v) is 5.18. The number of carbonyl (C=O) groups excluding carboxylic acids is 2. The maximum absolute atomic E-state index is 8.12. The topological polar surface area (TPSA) is 34.1 Å². The zero-order chi connectivity index (χ0) is 6.83. The van der Waals surface area contributed by atoms with Crippen molar-refractivity contribution in [2.75, 3.05) is 0 Å². The van der Waals surface area contributed by atoms with Crippen LogP contribution in [0, 0.1) is 0 Å². The molecule has 0 atom stereocenters. The molecule has 2 nitrogen and oxygen atoms in total. The normalized spacial score (nSPS) is 7.25. The van der Waals surface area contributed by atoms with Gasteiger partial charge in [0.1, 0.15) is 0 Å². The molecule has 0 rings (SSSR count). The third kappa shape index (κ3) is 69.3. The minimum Gasteiger partial charge on any atom is -0.186 e. The molecule has 0 aromatic heterocycles. The molecule has 0 bridgehead atoms. The van der Waals surface area contributed by atoms with Gasteiger partial charge >= 0.3 is 6.15 Å². The van der Waals surface area contributed by atoms with Gasteiger partial charge in [-0.25, -0.2) is 0 Å². The van der Waals surface area contributed by atoms with E-state index in [4.69, 9.17) is 9.59 Å². The summed E-state index contributed by atoms with van der Waals surface area (Å²) < 4.78 is 0. The van der Waals surface area contributed by atoms with E-state index in [0.717, 1.165) is 6.42 Å². The van der Waals surface area contributed by atoms with Crippen LogP contribution < -0.4 is 0 Å². The van der Waals surface area contributed by atoms with Gasteiger partial charge in [0.2, 0.25) is 0 Å². The molecular formula is C6H10O2. The SMILES string of the molecule is CC=CCC.O=C=O. The summed E-state index contributed by atoms with van der Waals surface area (Å²) in [7, 11) is 0. The third-order valence-electron chi connectivity index (χ3n) is 0.471. The summed E-state index contributed by atoms with van der Waals surface area (Å²) in [5, 5.41) is 0. The molecule has 0 aliphatic rings. The van der Waals surface area contributed by atoms with Gasteiger partial charge in [-0.1, -0.05) is 19.1 Å². The van der Waals surface area contributed by atoms with Crippen LogP contribution in [0.4, 0.5) is 0 Å². The van der Waals surface area contributed by atoms with E-state index in [2.05, 4.69) is 19.1 Å². The van der Waals surface area contributed by atoms with Crippen LogP contribution in [0.5, 0.6) is 0 Å². The molecule has 0 N–H and O–H groups in total.